The van der Waals surface area contributed by atoms with Crippen LogP contribution in [0.15, 0.2) is 0 Å². The van der Waals surface area contributed by atoms with Crippen molar-refractivity contribution in [3.05, 3.63) is 0 Å². The van der Waals surface area contributed by atoms with Crippen molar-refractivity contribution in [2.45, 2.75) is 74.0 Å². The zero-order chi connectivity index (χ0) is 19.1. The Morgan fingerprint density at radius 2 is 2.04 bits per heavy atom. The number of carbonyl (C=O) groups is 1. The predicted octanol–water partition coefficient (Wildman–Crippen LogP) is 3.48. The maximum Gasteiger partial charge on any atom is 0.389 e. The molecule has 0 bridgehead atoms. The summed E-state index contributed by atoms with van der Waals surface area (Å²) in [6.45, 7) is 1.54. The Bertz CT molecular complexity index is 531. The highest BCUT2D eigenvalue weighted by Crippen LogP contribution is 2.53. The van der Waals surface area contributed by atoms with Crippen LogP contribution in [0.4, 0.5) is 13.2 Å². The van der Waals surface area contributed by atoms with Crippen LogP contribution in [0.2, 0.25) is 0 Å². The quantitative estimate of drug-likeness (QED) is 0.198. The normalized spacial score (nSPS) is 43.4. The summed E-state index contributed by atoms with van der Waals surface area (Å²) in [6, 6.07) is 0. The monoisotopic (exact) mass is 491 g/mol. The Hall–Kier alpha value is -0.130. The van der Waals surface area contributed by atoms with Crippen LogP contribution in [0.5, 0.6) is 0 Å². The van der Waals surface area contributed by atoms with Crippen molar-refractivity contribution >= 4 is 28.6 Å². The van der Waals surface area contributed by atoms with Crippen molar-refractivity contribution < 1.29 is 37.6 Å². The van der Waals surface area contributed by atoms with Gasteiger partial charge < -0.3 is 19.6 Å². The first-order valence-corrected chi connectivity index (χ1v) is 10.3. The van der Waals surface area contributed by atoms with Crippen molar-refractivity contribution in [1.82, 2.24) is 0 Å². The number of alkyl halides is 4. The summed E-state index contributed by atoms with van der Waals surface area (Å²) < 4.78 is 49.0. The molecular weight excluding hydrogens is 468 g/mol. The van der Waals surface area contributed by atoms with Gasteiger partial charge in [0, 0.05) is 22.7 Å². The molecule has 1 aliphatic carbocycles. The molecule has 5 nitrogen and oxygen atoms in total. The number of halogens is 4. The van der Waals surface area contributed by atoms with Crippen molar-refractivity contribution in [2.75, 3.05) is 0 Å². The first kappa shape index (κ1) is 20.6. The lowest BCUT2D eigenvalue weighted by Gasteiger charge is -2.49. The number of esters is 1. The molecule has 0 aromatic carbocycles. The highest BCUT2D eigenvalue weighted by Gasteiger charge is 2.55. The molecule has 2 saturated heterocycles. The predicted molar refractivity (Wildman–Crippen MR) is 90.6 cm³/mol. The minimum atomic E-state index is -4.22. The Labute approximate surface area is 164 Å². The van der Waals surface area contributed by atoms with Crippen LogP contribution < -0.4 is 5.26 Å². The Morgan fingerprint density at radius 3 is 2.69 bits per heavy atom. The Morgan fingerprint density at radius 1 is 1.31 bits per heavy atom. The molecule has 3 aliphatic rings. The van der Waals surface area contributed by atoms with E-state index in [0.29, 0.717) is 16.8 Å². The minimum Gasteiger partial charge on any atom is -0.721 e. The van der Waals surface area contributed by atoms with Crippen LogP contribution in [-0.4, -0.2) is 28.1 Å². The van der Waals surface area contributed by atoms with Gasteiger partial charge in [0.25, 0.3) is 0 Å². The average Bonchev–Trinajstić information content (AvgIpc) is 2.70. The third kappa shape index (κ3) is 4.30. The van der Waals surface area contributed by atoms with Crippen molar-refractivity contribution in [3.8, 4) is 0 Å². The molecule has 3 fully saturated rings. The van der Waals surface area contributed by atoms with Gasteiger partial charge in [-0.05, 0) is 50.9 Å². The smallest absolute Gasteiger partial charge is 0.389 e. The molecule has 0 aromatic heterocycles. The molecule has 0 spiro atoms. The molecule has 3 rings (SSSR count). The van der Waals surface area contributed by atoms with Gasteiger partial charge in [-0.15, -0.1) is 0 Å². The molecule has 2 heterocycles. The van der Waals surface area contributed by atoms with Crippen LogP contribution >= 0.6 is 22.6 Å². The molecule has 2 aliphatic heterocycles. The zero-order valence-corrected chi connectivity index (χ0v) is 16.6. The minimum absolute atomic E-state index is 0.0699. The van der Waals surface area contributed by atoms with E-state index in [0.717, 1.165) is 12.8 Å². The van der Waals surface area contributed by atoms with Crippen LogP contribution in [0, 0.1) is 23.7 Å². The molecule has 0 N–H and O–H groups in total. The molecular formula is C17H23F3IO5-. The fourth-order valence-corrected chi connectivity index (χ4v) is 5.97. The van der Waals surface area contributed by atoms with Gasteiger partial charge in [0.05, 0.1) is 5.92 Å². The fraction of sp³-hybridized carbons (Fsp3) is 0.941. The van der Waals surface area contributed by atoms with Crippen molar-refractivity contribution in [3.63, 3.8) is 0 Å². The molecule has 7 atom stereocenters. The van der Waals surface area contributed by atoms with E-state index in [-0.39, 0.29) is 30.6 Å². The van der Waals surface area contributed by atoms with Gasteiger partial charge in [-0.1, -0.05) is 22.6 Å². The number of hydrogen-bond acceptors (Lipinski definition) is 5. The molecule has 6 unspecified atom stereocenters. The summed E-state index contributed by atoms with van der Waals surface area (Å²) in [4.78, 5) is 16.8. The van der Waals surface area contributed by atoms with E-state index < -0.39 is 36.6 Å². The highest BCUT2D eigenvalue weighted by molar-refractivity contribution is 14.1. The first-order chi connectivity index (χ1) is 12.1. The third-order valence-electron chi connectivity index (χ3n) is 6.04. The Kier molecular flexibility index (Phi) is 6.11. The van der Waals surface area contributed by atoms with E-state index in [4.69, 9.17) is 9.47 Å². The molecule has 150 valence electrons. The SMILES string of the molecule is CC1(O[O-])CC[C@H]2C(I)CCC3C(CCCC(F)(F)F)C(=O)OC(O1)C32. The lowest BCUT2D eigenvalue weighted by atomic mass is 9.63. The number of carbonyl (C=O) groups excluding carboxylic acids is 1. The van der Waals surface area contributed by atoms with Gasteiger partial charge in [-0.2, -0.15) is 13.2 Å². The van der Waals surface area contributed by atoms with Gasteiger partial charge in [0.1, 0.15) is 0 Å². The molecule has 0 amide bonds. The summed E-state index contributed by atoms with van der Waals surface area (Å²) in [5.74, 6) is -2.39. The van der Waals surface area contributed by atoms with Crippen molar-refractivity contribution in [2.24, 2.45) is 23.7 Å². The largest absolute Gasteiger partial charge is 0.721 e. The molecule has 1 saturated carbocycles. The van der Waals surface area contributed by atoms with Gasteiger partial charge in [-0.3, -0.25) is 4.79 Å². The van der Waals surface area contributed by atoms with E-state index in [2.05, 4.69) is 27.5 Å². The molecule has 26 heavy (non-hydrogen) atoms. The molecule has 0 aromatic rings. The van der Waals surface area contributed by atoms with Gasteiger partial charge in [0.2, 0.25) is 6.29 Å². The fourth-order valence-electron chi connectivity index (χ4n) is 4.77. The van der Waals surface area contributed by atoms with E-state index in [1.54, 1.807) is 0 Å². The number of rotatable bonds is 4. The highest BCUT2D eigenvalue weighted by atomic mass is 127. The van der Waals surface area contributed by atoms with Crippen LogP contribution in [0.3, 0.4) is 0 Å². The average molecular weight is 491 g/mol. The van der Waals surface area contributed by atoms with Crippen LogP contribution in [0.25, 0.3) is 0 Å². The topological polar surface area (TPSA) is 67.8 Å². The van der Waals surface area contributed by atoms with Gasteiger partial charge >= 0.3 is 12.1 Å². The summed E-state index contributed by atoms with van der Waals surface area (Å²) in [7, 11) is 0. The summed E-state index contributed by atoms with van der Waals surface area (Å²) in [5.41, 5.74) is 0. The van der Waals surface area contributed by atoms with Crippen LogP contribution in [0.1, 0.15) is 51.9 Å². The second-order valence-corrected chi connectivity index (χ2v) is 9.39. The second-order valence-electron chi connectivity index (χ2n) is 7.79. The summed E-state index contributed by atoms with van der Waals surface area (Å²) in [6.07, 6.45) is -3.13. The van der Waals surface area contributed by atoms with E-state index in [1.165, 1.54) is 6.92 Å². The van der Waals surface area contributed by atoms with Crippen LogP contribution in [-0.2, 0) is 19.2 Å². The molecule has 9 heteroatoms. The Balaban J connectivity index is 1.79. The number of ether oxygens (including phenoxy) is 2. The van der Waals surface area contributed by atoms with E-state index in [1.807, 2.05) is 0 Å². The maximum atomic E-state index is 12.5. The third-order valence-corrected chi connectivity index (χ3v) is 7.59. The van der Waals surface area contributed by atoms with E-state index >= 15 is 0 Å². The maximum absolute atomic E-state index is 12.5. The molecule has 0 radical (unpaired) electrons. The standard InChI is InChI=1S/C17H24F3IO5/c1-16(26-23)8-6-11-12(21)5-4-9-10(3-2-7-17(18,19)20)14(22)24-15(25-16)13(9)11/h9-13,15,23H,2-8H2,1H3/p-1/t9?,10?,11-,12?,13?,15?,16?/m0/s1. The zero-order valence-electron chi connectivity index (χ0n) is 14.5. The lowest BCUT2D eigenvalue weighted by Crippen LogP contribution is -2.54. The first-order valence-electron chi connectivity index (χ1n) is 9.04. The summed E-state index contributed by atoms with van der Waals surface area (Å²) >= 11 is 2.38. The lowest BCUT2D eigenvalue weighted by molar-refractivity contribution is -0.739. The van der Waals surface area contributed by atoms with E-state index in [9.17, 15) is 23.2 Å². The number of hydrogen-bond donors (Lipinski definition) is 0. The summed E-state index contributed by atoms with van der Waals surface area (Å²) in [5, 5.41) is 11.1. The second kappa shape index (κ2) is 7.71. The van der Waals surface area contributed by atoms with Crippen molar-refractivity contribution in [1.29, 1.82) is 0 Å². The van der Waals surface area contributed by atoms with Gasteiger partial charge in [-0.25, -0.2) is 0 Å². The van der Waals surface area contributed by atoms with Gasteiger partial charge in [0.15, 0.2) is 5.79 Å².